The van der Waals surface area contributed by atoms with Gasteiger partial charge < -0.3 is 10.5 Å². The summed E-state index contributed by atoms with van der Waals surface area (Å²) >= 11 is 0. The van der Waals surface area contributed by atoms with Crippen LogP contribution in [0.25, 0.3) is 0 Å². The minimum Gasteiger partial charge on any atom is -0.490 e. The lowest BCUT2D eigenvalue weighted by Crippen LogP contribution is -2.10. The maximum atomic E-state index is 5.74. The minimum atomic E-state index is 0.414. The van der Waals surface area contributed by atoms with Gasteiger partial charge in [0.25, 0.3) is 0 Å². The second kappa shape index (κ2) is 3.69. The van der Waals surface area contributed by atoms with Crippen LogP contribution in [0.1, 0.15) is 25.7 Å². The van der Waals surface area contributed by atoms with E-state index in [1.54, 1.807) is 0 Å². The molecule has 0 unspecified atom stereocenters. The Bertz CT molecular complexity index is 262. The average molecular weight is 176 g/mol. The molecule has 13 heavy (non-hydrogen) atoms. The van der Waals surface area contributed by atoms with Crippen LogP contribution in [0.3, 0.4) is 0 Å². The Kier molecular flexibility index (Phi) is 2.39. The van der Waals surface area contributed by atoms with Crippen molar-refractivity contribution in [2.45, 2.75) is 31.8 Å². The SMILES string of the molecule is Nc1[c]cc(OC2CCCC2)cc1. The van der Waals surface area contributed by atoms with Gasteiger partial charge in [-0.25, -0.2) is 0 Å². The fraction of sp³-hybridized carbons (Fsp3) is 0.455. The Morgan fingerprint density at radius 2 is 2.08 bits per heavy atom. The molecular weight excluding hydrogens is 162 g/mol. The lowest BCUT2D eigenvalue weighted by Gasteiger charge is -2.12. The molecule has 1 radical (unpaired) electrons. The van der Waals surface area contributed by atoms with Gasteiger partial charge in [0.15, 0.2) is 0 Å². The highest BCUT2D eigenvalue weighted by molar-refractivity contribution is 5.40. The summed E-state index contributed by atoms with van der Waals surface area (Å²) in [6.45, 7) is 0. The monoisotopic (exact) mass is 176 g/mol. The molecule has 1 aromatic carbocycles. The highest BCUT2D eigenvalue weighted by Gasteiger charge is 2.15. The second-order valence-electron chi connectivity index (χ2n) is 3.50. The molecule has 0 atom stereocenters. The van der Waals surface area contributed by atoms with Gasteiger partial charge in [0.05, 0.1) is 6.10 Å². The Balaban J connectivity index is 1.97. The van der Waals surface area contributed by atoms with Crippen molar-refractivity contribution in [3.8, 4) is 5.75 Å². The van der Waals surface area contributed by atoms with Crippen molar-refractivity contribution in [2.24, 2.45) is 0 Å². The van der Waals surface area contributed by atoms with Gasteiger partial charge in [-0.05, 0) is 43.9 Å². The molecule has 0 aromatic heterocycles. The predicted octanol–water partition coefficient (Wildman–Crippen LogP) is 2.39. The summed E-state index contributed by atoms with van der Waals surface area (Å²) in [6.07, 6.45) is 5.37. The van der Waals surface area contributed by atoms with Gasteiger partial charge in [0, 0.05) is 11.8 Å². The van der Waals surface area contributed by atoms with Crippen molar-refractivity contribution < 1.29 is 4.74 Å². The molecule has 0 amide bonds. The molecule has 1 aromatic rings. The van der Waals surface area contributed by atoms with Crippen LogP contribution >= 0.6 is 0 Å². The number of hydrogen-bond donors (Lipinski definition) is 1. The minimum absolute atomic E-state index is 0.414. The Morgan fingerprint density at radius 1 is 1.31 bits per heavy atom. The van der Waals surface area contributed by atoms with E-state index < -0.39 is 0 Å². The van der Waals surface area contributed by atoms with E-state index in [1.807, 2.05) is 18.2 Å². The molecule has 1 fully saturated rings. The van der Waals surface area contributed by atoms with Gasteiger partial charge >= 0.3 is 0 Å². The summed E-state index contributed by atoms with van der Waals surface area (Å²) in [5.74, 6) is 0.890. The number of rotatable bonds is 2. The number of ether oxygens (including phenoxy) is 1. The van der Waals surface area contributed by atoms with E-state index in [0.717, 1.165) is 5.75 Å². The van der Waals surface area contributed by atoms with Crippen LogP contribution in [0.4, 0.5) is 5.69 Å². The van der Waals surface area contributed by atoms with Crippen LogP contribution in [0.5, 0.6) is 5.75 Å². The highest BCUT2D eigenvalue weighted by Crippen LogP contribution is 2.24. The molecule has 1 aliphatic rings. The molecule has 2 N–H and O–H groups in total. The second-order valence-corrected chi connectivity index (χ2v) is 3.50. The van der Waals surface area contributed by atoms with Gasteiger partial charge in [-0.2, -0.15) is 0 Å². The van der Waals surface area contributed by atoms with Crippen LogP contribution in [-0.4, -0.2) is 6.10 Å². The van der Waals surface area contributed by atoms with Gasteiger partial charge in [0.2, 0.25) is 0 Å². The molecule has 1 aliphatic carbocycles. The van der Waals surface area contributed by atoms with E-state index in [9.17, 15) is 0 Å². The molecule has 2 nitrogen and oxygen atoms in total. The van der Waals surface area contributed by atoms with Crippen molar-refractivity contribution in [1.82, 2.24) is 0 Å². The van der Waals surface area contributed by atoms with Crippen molar-refractivity contribution in [3.05, 3.63) is 24.3 Å². The zero-order valence-electron chi connectivity index (χ0n) is 7.62. The van der Waals surface area contributed by atoms with Crippen LogP contribution < -0.4 is 10.5 Å². The van der Waals surface area contributed by atoms with E-state index in [-0.39, 0.29) is 0 Å². The fourth-order valence-electron chi connectivity index (χ4n) is 1.69. The standard InChI is InChI=1S/C11H14NO/c12-9-5-7-11(8-6-9)13-10-3-1-2-4-10/h5,7-8,10H,1-4,12H2. The number of benzene rings is 1. The van der Waals surface area contributed by atoms with E-state index in [1.165, 1.54) is 25.7 Å². The smallest absolute Gasteiger partial charge is 0.120 e. The Morgan fingerprint density at radius 3 is 2.69 bits per heavy atom. The summed E-state index contributed by atoms with van der Waals surface area (Å²) in [4.78, 5) is 0. The third-order valence-corrected chi connectivity index (χ3v) is 2.41. The van der Waals surface area contributed by atoms with Crippen LogP contribution in [-0.2, 0) is 0 Å². The molecule has 0 aliphatic heterocycles. The molecule has 1 saturated carbocycles. The van der Waals surface area contributed by atoms with Crippen LogP contribution in [0, 0.1) is 6.07 Å². The summed E-state index contributed by atoms with van der Waals surface area (Å²) in [5.41, 5.74) is 6.19. The molecular formula is C11H14NO. The largest absolute Gasteiger partial charge is 0.490 e. The average Bonchev–Trinajstić information content (AvgIpc) is 2.62. The summed E-state index contributed by atoms with van der Waals surface area (Å²) in [5, 5.41) is 0. The topological polar surface area (TPSA) is 35.2 Å². The van der Waals surface area contributed by atoms with Gasteiger partial charge in [-0.3, -0.25) is 0 Å². The molecule has 2 rings (SSSR count). The van der Waals surface area contributed by atoms with E-state index in [2.05, 4.69) is 6.07 Å². The van der Waals surface area contributed by atoms with E-state index in [0.29, 0.717) is 11.8 Å². The lowest BCUT2D eigenvalue weighted by molar-refractivity contribution is 0.210. The normalized spacial score (nSPS) is 17.5. The molecule has 0 heterocycles. The van der Waals surface area contributed by atoms with Gasteiger partial charge in [-0.15, -0.1) is 0 Å². The fourth-order valence-corrected chi connectivity index (χ4v) is 1.69. The first kappa shape index (κ1) is 8.42. The number of hydrogen-bond acceptors (Lipinski definition) is 2. The van der Waals surface area contributed by atoms with E-state index >= 15 is 0 Å². The Hall–Kier alpha value is -1.18. The van der Waals surface area contributed by atoms with Crippen molar-refractivity contribution in [1.29, 1.82) is 0 Å². The summed E-state index contributed by atoms with van der Waals surface area (Å²) in [7, 11) is 0. The summed E-state index contributed by atoms with van der Waals surface area (Å²) < 4.78 is 5.74. The first-order chi connectivity index (χ1) is 6.34. The van der Waals surface area contributed by atoms with Crippen molar-refractivity contribution >= 4 is 5.69 Å². The zero-order valence-corrected chi connectivity index (χ0v) is 7.62. The third kappa shape index (κ3) is 2.14. The first-order valence-electron chi connectivity index (χ1n) is 4.78. The number of nitrogen functional groups attached to an aromatic ring is 1. The number of nitrogens with two attached hydrogens (primary N) is 1. The molecule has 0 spiro atoms. The lowest BCUT2D eigenvalue weighted by atomic mass is 10.3. The van der Waals surface area contributed by atoms with Crippen LogP contribution in [0.15, 0.2) is 18.2 Å². The first-order valence-corrected chi connectivity index (χ1v) is 4.78. The van der Waals surface area contributed by atoms with Crippen molar-refractivity contribution in [2.75, 3.05) is 5.73 Å². The third-order valence-electron chi connectivity index (χ3n) is 2.41. The molecule has 0 saturated heterocycles. The summed E-state index contributed by atoms with van der Waals surface area (Å²) in [6, 6.07) is 8.47. The molecule has 69 valence electrons. The number of anilines is 1. The maximum absolute atomic E-state index is 5.74. The zero-order chi connectivity index (χ0) is 9.10. The van der Waals surface area contributed by atoms with Gasteiger partial charge in [0.1, 0.15) is 5.75 Å². The van der Waals surface area contributed by atoms with Crippen LogP contribution in [0.2, 0.25) is 0 Å². The quantitative estimate of drug-likeness (QED) is 0.702. The Labute approximate surface area is 78.7 Å². The van der Waals surface area contributed by atoms with Crippen molar-refractivity contribution in [3.63, 3.8) is 0 Å². The molecule has 2 heteroatoms. The maximum Gasteiger partial charge on any atom is 0.120 e. The molecule has 0 bridgehead atoms. The van der Waals surface area contributed by atoms with Gasteiger partial charge in [-0.1, -0.05) is 0 Å². The predicted molar refractivity (Wildman–Crippen MR) is 52.6 cm³/mol. The highest BCUT2D eigenvalue weighted by atomic mass is 16.5. The van der Waals surface area contributed by atoms with E-state index in [4.69, 9.17) is 10.5 Å².